The zero-order valence-electron chi connectivity index (χ0n) is 35.3. The van der Waals surface area contributed by atoms with Gasteiger partial charge in [0, 0.05) is 45.8 Å². The Morgan fingerprint density at radius 1 is 0.772 bits per heavy atom. The van der Waals surface area contributed by atoms with Crippen molar-refractivity contribution >= 4 is 46.4 Å². The number of nitrogens with zero attached hydrogens (tertiary/aromatic N) is 4. The maximum Gasteiger partial charge on any atom is 0.216 e. The molecule has 1 unspecified atom stereocenters. The van der Waals surface area contributed by atoms with Crippen LogP contribution in [0.4, 0.5) is 0 Å². The number of hydrogen-bond acceptors (Lipinski definition) is 4. The van der Waals surface area contributed by atoms with Crippen molar-refractivity contribution in [1.29, 1.82) is 0 Å². The van der Waals surface area contributed by atoms with E-state index in [0.717, 1.165) is 77.7 Å². The first-order chi connectivity index (χ1) is 27.8. The summed E-state index contributed by atoms with van der Waals surface area (Å²) in [6.07, 6.45) is 0.400. The first kappa shape index (κ1) is 37.1. The van der Waals surface area contributed by atoms with Crippen LogP contribution in [0.3, 0.4) is 0 Å². The molecule has 1 atom stereocenters. The van der Waals surface area contributed by atoms with E-state index in [0.29, 0.717) is 5.71 Å². The third-order valence-corrected chi connectivity index (χ3v) is 12.3. The van der Waals surface area contributed by atoms with E-state index in [9.17, 15) is 0 Å². The van der Waals surface area contributed by atoms with Gasteiger partial charge in [-0.15, -0.1) is 54.1 Å². The molecule has 0 aliphatic carbocycles. The first-order valence-corrected chi connectivity index (χ1v) is 22.6. The number of para-hydroxylation sites is 3. The fourth-order valence-electron chi connectivity index (χ4n) is 7.39. The minimum absolute atomic E-state index is 0. The molecule has 7 heteroatoms. The molecule has 9 rings (SSSR count). The molecule has 0 aliphatic rings. The van der Waals surface area contributed by atoms with Crippen LogP contribution in [0.15, 0.2) is 138 Å². The molecule has 0 fully saturated rings. The zero-order valence-corrected chi connectivity index (χ0v) is 36.7. The molecule has 0 N–H and O–H groups in total. The second-order valence-corrected chi connectivity index (χ2v) is 20.5. The van der Waals surface area contributed by atoms with Gasteiger partial charge in [-0.25, -0.2) is 4.98 Å². The van der Waals surface area contributed by atoms with Crippen LogP contribution in [0.25, 0.3) is 61.4 Å². The number of fused-ring (bicyclic) bond motifs is 4. The fourth-order valence-corrected chi connectivity index (χ4v) is 8.79. The molecule has 9 aromatic rings. The van der Waals surface area contributed by atoms with Gasteiger partial charge in [0.2, 0.25) is 5.71 Å². The number of pyridine rings is 2. The molecule has 4 heterocycles. The smallest absolute Gasteiger partial charge is 0.216 e. The summed E-state index contributed by atoms with van der Waals surface area (Å²) in [4.78, 5) is 14.3. The van der Waals surface area contributed by atoms with Crippen molar-refractivity contribution in [3.63, 3.8) is 0 Å². The number of benzene rings is 5. The minimum atomic E-state index is -1.77. The fraction of sp³-hybridized carbons (Fsp3) is 0.180. The van der Waals surface area contributed by atoms with E-state index in [4.69, 9.17) is 12.1 Å². The maximum atomic E-state index is 9.04. The van der Waals surface area contributed by atoms with E-state index in [-0.39, 0.29) is 26.0 Å². The molecule has 4 aromatic heterocycles. The summed E-state index contributed by atoms with van der Waals surface area (Å²) in [7, 11) is -1.77. The number of rotatable bonds is 7. The van der Waals surface area contributed by atoms with E-state index in [1.165, 1.54) is 11.1 Å². The molecule has 1 radical (unpaired) electrons. The molecule has 0 bridgehead atoms. The summed E-state index contributed by atoms with van der Waals surface area (Å²) in [5.74, 6) is 0.559. The molecule has 287 valence electrons. The maximum absolute atomic E-state index is 9.04. The average molecular weight is 941 g/mol. The van der Waals surface area contributed by atoms with Gasteiger partial charge in [-0.2, -0.15) is 0 Å². The normalized spacial score (nSPS) is 12.8. The van der Waals surface area contributed by atoms with Gasteiger partial charge >= 0.3 is 0 Å². The Bertz CT molecular complexity index is 2900. The molecule has 0 aliphatic heterocycles. The summed E-state index contributed by atoms with van der Waals surface area (Å²) < 4.78 is 26.6. The van der Waals surface area contributed by atoms with Crippen LogP contribution in [0.2, 0.25) is 19.6 Å². The topological polar surface area (TPSA) is 56.7 Å². The van der Waals surface area contributed by atoms with Crippen molar-refractivity contribution in [3.05, 3.63) is 174 Å². The third kappa shape index (κ3) is 8.06. The first-order valence-electron chi connectivity index (χ1n) is 20.1. The predicted molar refractivity (Wildman–Crippen MR) is 235 cm³/mol. The second-order valence-electron chi connectivity index (χ2n) is 15.4. The van der Waals surface area contributed by atoms with E-state index < -0.39 is 14.4 Å². The molecule has 0 saturated heterocycles. The molecular weight excluding hydrogens is 893 g/mol. The SMILES string of the molecule is Cc1ccc2c(n1)oc1c(-c3nc4ccccc4n3-c3c(C)cccc3C)[c-]ccc12.[2H]C([2H])(c1cc(-c2[c-]cccc2)ncc1[Si](C)(C)C)C(C)c1ccccc1.[Ir]. The van der Waals surface area contributed by atoms with Crippen LogP contribution in [0, 0.1) is 32.9 Å². The van der Waals surface area contributed by atoms with E-state index in [2.05, 4.69) is 96.6 Å². The zero-order chi connectivity index (χ0) is 40.8. The van der Waals surface area contributed by atoms with Crippen LogP contribution in [0.1, 0.15) is 43.5 Å². The van der Waals surface area contributed by atoms with Crippen LogP contribution in [0.5, 0.6) is 0 Å². The molecule has 0 saturated carbocycles. The summed E-state index contributed by atoms with van der Waals surface area (Å²) in [5.41, 5.74) is 12.1. The third-order valence-electron chi connectivity index (χ3n) is 10.3. The van der Waals surface area contributed by atoms with E-state index in [1.54, 1.807) is 0 Å². The van der Waals surface area contributed by atoms with E-state index in [1.807, 2.05) is 111 Å². The van der Waals surface area contributed by atoms with Crippen LogP contribution in [-0.2, 0) is 26.5 Å². The Kier molecular flexibility index (Phi) is 10.8. The summed E-state index contributed by atoms with van der Waals surface area (Å²) in [6.45, 7) is 14.9. The van der Waals surface area contributed by atoms with E-state index >= 15 is 0 Å². The van der Waals surface area contributed by atoms with Gasteiger partial charge in [-0.1, -0.05) is 110 Å². The summed E-state index contributed by atoms with van der Waals surface area (Å²) >= 11 is 0. The van der Waals surface area contributed by atoms with Gasteiger partial charge in [0.25, 0.3) is 0 Å². The Morgan fingerprint density at radius 3 is 2.25 bits per heavy atom. The Morgan fingerprint density at radius 2 is 1.51 bits per heavy atom. The van der Waals surface area contributed by atoms with Gasteiger partial charge in [0.15, 0.2) is 0 Å². The van der Waals surface area contributed by atoms with Crippen molar-refractivity contribution in [1.82, 2.24) is 19.5 Å². The monoisotopic (exact) mass is 941 g/mol. The molecule has 0 spiro atoms. The largest absolute Gasteiger partial charge is 0.486 e. The quantitative estimate of drug-likeness (QED) is 0.118. The average Bonchev–Trinajstić information content (AvgIpc) is 3.79. The molecule has 5 aromatic carbocycles. The number of imidazole rings is 1. The van der Waals surface area contributed by atoms with Gasteiger partial charge in [0.1, 0.15) is 0 Å². The van der Waals surface area contributed by atoms with Crippen molar-refractivity contribution < 1.29 is 27.3 Å². The number of aromatic nitrogens is 4. The minimum Gasteiger partial charge on any atom is -0.486 e. The molecular formula is C50H46IrN4OSi-2. The Labute approximate surface area is 353 Å². The molecule has 57 heavy (non-hydrogen) atoms. The number of furan rings is 1. The number of hydrogen-bond donors (Lipinski definition) is 0. The summed E-state index contributed by atoms with van der Waals surface area (Å²) in [5, 5.41) is 3.11. The van der Waals surface area contributed by atoms with Crippen molar-refractivity contribution in [2.45, 2.75) is 59.6 Å². The van der Waals surface area contributed by atoms with Gasteiger partial charge in [0.05, 0.1) is 30.5 Å². The summed E-state index contributed by atoms with van der Waals surface area (Å²) in [6, 6.07) is 48.9. The standard InChI is InChI=1S/C27H20N3O.C23H26NSi.Ir/c1-16-8-6-9-17(2)24(16)30-23-13-5-4-12-22(23)29-26(30)21-11-7-10-19-20-15-14-18(3)28-27(20)31-25(19)21;1-18(19-11-7-5-8-12-19)15-21-16-22(20-13-9-6-10-14-20)24-17-23(21)25(2,3)4;/h4-10,12-15H,1-3H3;5-13,16-18H,15H2,1-4H3;/q2*-1;/i;15D2;. The van der Waals surface area contributed by atoms with Crippen LogP contribution < -0.4 is 5.19 Å². The molecule has 5 nitrogen and oxygen atoms in total. The second kappa shape index (κ2) is 16.6. The van der Waals surface area contributed by atoms with Crippen LogP contribution in [-0.4, -0.2) is 27.6 Å². The molecule has 0 amide bonds. The number of aryl methyl sites for hydroxylation is 3. The Balaban J connectivity index is 0.000000178. The van der Waals surface area contributed by atoms with Crippen molar-refractivity contribution in [2.24, 2.45) is 0 Å². The predicted octanol–water partition coefficient (Wildman–Crippen LogP) is 12.2. The van der Waals surface area contributed by atoms with Gasteiger partial charge in [-0.05, 0) is 84.9 Å². The van der Waals surface area contributed by atoms with Crippen molar-refractivity contribution in [2.75, 3.05) is 0 Å². The Hall–Kier alpha value is -5.46. The van der Waals surface area contributed by atoms with Crippen LogP contribution >= 0.6 is 0 Å². The van der Waals surface area contributed by atoms with Crippen molar-refractivity contribution in [3.8, 4) is 28.3 Å². The van der Waals surface area contributed by atoms with Gasteiger partial charge < -0.3 is 14.0 Å². The van der Waals surface area contributed by atoms with Gasteiger partial charge in [-0.3, -0.25) is 4.98 Å².